The van der Waals surface area contributed by atoms with Crippen LogP contribution < -0.4 is 5.32 Å². The summed E-state index contributed by atoms with van der Waals surface area (Å²) in [7, 11) is 0. The van der Waals surface area contributed by atoms with Crippen LogP contribution in [0.3, 0.4) is 0 Å². The zero-order valence-electron chi connectivity index (χ0n) is 14.3. The fraction of sp³-hybridized carbons (Fsp3) is 0.300. The van der Waals surface area contributed by atoms with Crippen LogP contribution in [0.1, 0.15) is 24.0 Å². The molecular formula is C20H22N2O3. The third-order valence-electron chi connectivity index (χ3n) is 4.28. The molecule has 2 aromatic rings. The molecule has 25 heavy (non-hydrogen) atoms. The molecule has 0 spiro atoms. The second-order valence-electron chi connectivity index (χ2n) is 6.25. The highest BCUT2D eigenvalue weighted by molar-refractivity contribution is 5.96. The van der Waals surface area contributed by atoms with E-state index in [0.29, 0.717) is 13.0 Å². The summed E-state index contributed by atoms with van der Waals surface area (Å²) in [6, 6.07) is 16.7. The molecule has 5 nitrogen and oxygen atoms in total. The van der Waals surface area contributed by atoms with Gasteiger partial charge in [0.2, 0.25) is 5.91 Å². The highest BCUT2D eigenvalue weighted by atomic mass is 16.6. The third-order valence-corrected chi connectivity index (χ3v) is 4.28. The molecule has 3 rings (SSSR count). The van der Waals surface area contributed by atoms with Gasteiger partial charge in [0.05, 0.1) is 0 Å². The summed E-state index contributed by atoms with van der Waals surface area (Å²) in [5.74, 6) is -0.167. The molecule has 0 aliphatic carbocycles. The van der Waals surface area contributed by atoms with Crippen molar-refractivity contribution in [1.82, 2.24) is 4.90 Å². The van der Waals surface area contributed by atoms with Gasteiger partial charge in [0.25, 0.3) is 0 Å². The van der Waals surface area contributed by atoms with Crippen LogP contribution in [-0.4, -0.2) is 29.5 Å². The fourth-order valence-electron chi connectivity index (χ4n) is 3.01. The van der Waals surface area contributed by atoms with E-state index in [-0.39, 0.29) is 12.5 Å². The number of hydrogen-bond donors (Lipinski definition) is 1. The van der Waals surface area contributed by atoms with E-state index >= 15 is 0 Å². The standard InChI is InChI=1S/C20H22N2O3/c1-15-7-5-10-17(13-15)21-19(23)18-11-6-12-22(18)20(24)25-14-16-8-3-2-4-9-16/h2-5,7-10,13,18H,6,11-12,14H2,1H3,(H,21,23)/t18-/m0/s1. The second kappa shape index (κ2) is 7.83. The highest BCUT2D eigenvalue weighted by Gasteiger charge is 2.35. The largest absolute Gasteiger partial charge is 0.445 e. The van der Waals surface area contributed by atoms with E-state index in [1.807, 2.05) is 61.5 Å². The molecule has 1 aliphatic heterocycles. The van der Waals surface area contributed by atoms with Crippen molar-refractivity contribution in [2.24, 2.45) is 0 Å². The number of benzene rings is 2. The predicted octanol–water partition coefficient (Wildman–Crippen LogP) is 3.73. The lowest BCUT2D eigenvalue weighted by Gasteiger charge is -2.23. The van der Waals surface area contributed by atoms with E-state index in [1.165, 1.54) is 4.90 Å². The highest BCUT2D eigenvalue weighted by Crippen LogP contribution is 2.21. The number of nitrogens with zero attached hydrogens (tertiary/aromatic N) is 1. The molecule has 1 saturated heterocycles. The molecule has 1 atom stereocenters. The zero-order chi connectivity index (χ0) is 17.6. The van der Waals surface area contributed by atoms with Gasteiger partial charge in [-0.3, -0.25) is 9.69 Å². The molecule has 1 aliphatic rings. The summed E-state index contributed by atoms with van der Waals surface area (Å²) in [5.41, 5.74) is 2.74. The Bertz CT molecular complexity index is 746. The predicted molar refractivity (Wildman–Crippen MR) is 96.2 cm³/mol. The first-order valence-electron chi connectivity index (χ1n) is 8.48. The molecule has 5 heteroatoms. The molecule has 0 radical (unpaired) electrons. The maximum absolute atomic E-state index is 12.6. The van der Waals surface area contributed by atoms with Crippen molar-refractivity contribution in [3.63, 3.8) is 0 Å². The van der Waals surface area contributed by atoms with Crippen molar-refractivity contribution >= 4 is 17.7 Å². The summed E-state index contributed by atoms with van der Waals surface area (Å²) in [4.78, 5) is 26.4. The molecule has 0 saturated carbocycles. The van der Waals surface area contributed by atoms with Crippen LogP contribution in [0.15, 0.2) is 54.6 Å². The number of amides is 2. The van der Waals surface area contributed by atoms with E-state index < -0.39 is 12.1 Å². The average molecular weight is 338 g/mol. The summed E-state index contributed by atoms with van der Waals surface area (Å²) >= 11 is 0. The number of ether oxygens (including phenoxy) is 1. The first kappa shape index (κ1) is 17.0. The fourth-order valence-corrected chi connectivity index (χ4v) is 3.01. The normalized spacial score (nSPS) is 16.5. The van der Waals surface area contributed by atoms with Crippen LogP contribution in [0.5, 0.6) is 0 Å². The summed E-state index contributed by atoms with van der Waals surface area (Å²) in [6.07, 6.45) is 1.01. The molecule has 2 aromatic carbocycles. The van der Waals surface area contributed by atoms with Gasteiger partial charge in [-0.05, 0) is 43.0 Å². The Labute approximate surface area is 147 Å². The monoisotopic (exact) mass is 338 g/mol. The number of carbonyl (C=O) groups excluding carboxylic acids is 2. The number of aryl methyl sites for hydroxylation is 1. The summed E-state index contributed by atoms with van der Waals surface area (Å²) < 4.78 is 5.37. The Morgan fingerprint density at radius 1 is 1.16 bits per heavy atom. The molecular weight excluding hydrogens is 316 g/mol. The van der Waals surface area contributed by atoms with Crippen LogP contribution in [0.2, 0.25) is 0 Å². The lowest BCUT2D eigenvalue weighted by Crippen LogP contribution is -2.43. The van der Waals surface area contributed by atoms with Gasteiger partial charge in [-0.2, -0.15) is 0 Å². The van der Waals surface area contributed by atoms with Crippen molar-refractivity contribution in [2.75, 3.05) is 11.9 Å². The maximum atomic E-state index is 12.6. The van der Waals surface area contributed by atoms with E-state index in [2.05, 4.69) is 5.32 Å². The van der Waals surface area contributed by atoms with Gasteiger partial charge in [0.15, 0.2) is 0 Å². The summed E-state index contributed by atoms with van der Waals surface area (Å²) in [6.45, 7) is 2.72. The molecule has 1 fully saturated rings. The zero-order valence-corrected chi connectivity index (χ0v) is 14.3. The van der Waals surface area contributed by atoms with E-state index in [4.69, 9.17) is 4.74 Å². The SMILES string of the molecule is Cc1cccc(NC(=O)[C@@H]2CCCN2C(=O)OCc2ccccc2)c1. The van der Waals surface area contributed by atoms with Gasteiger partial charge < -0.3 is 10.1 Å². The van der Waals surface area contributed by atoms with E-state index in [9.17, 15) is 9.59 Å². The number of likely N-dealkylation sites (tertiary alicyclic amines) is 1. The van der Waals surface area contributed by atoms with E-state index in [1.54, 1.807) is 0 Å². The smallest absolute Gasteiger partial charge is 0.410 e. The Morgan fingerprint density at radius 3 is 2.72 bits per heavy atom. The molecule has 1 N–H and O–H groups in total. The lowest BCUT2D eigenvalue weighted by atomic mass is 10.2. The van der Waals surface area contributed by atoms with Crippen LogP contribution >= 0.6 is 0 Å². The Kier molecular flexibility index (Phi) is 5.33. The Hall–Kier alpha value is -2.82. The van der Waals surface area contributed by atoms with Crippen molar-refractivity contribution in [2.45, 2.75) is 32.4 Å². The van der Waals surface area contributed by atoms with Crippen LogP contribution in [0.25, 0.3) is 0 Å². The Balaban J connectivity index is 1.59. The van der Waals surface area contributed by atoms with E-state index in [0.717, 1.165) is 23.2 Å². The topological polar surface area (TPSA) is 58.6 Å². The number of rotatable bonds is 4. The minimum absolute atomic E-state index is 0.167. The van der Waals surface area contributed by atoms with Gasteiger partial charge in [0.1, 0.15) is 12.6 Å². The second-order valence-corrected chi connectivity index (χ2v) is 6.25. The molecule has 2 amide bonds. The number of carbonyl (C=O) groups is 2. The van der Waals surface area contributed by atoms with Gasteiger partial charge in [0, 0.05) is 12.2 Å². The average Bonchev–Trinajstić information content (AvgIpc) is 3.10. The molecule has 0 unspecified atom stereocenters. The number of hydrogen-bond acceptors (Lipinski definition) is 3. The van der Waals surface area contributed by atoms with Crippen LogP contribution in [0.4, 0.5) is 10.5 Å². The molecule has 0 bridgehead atoms. The van der Waals surface area contributed by atoms with Crippen molar-refractivity contribution in [3.05, 3.63) is 65.7 Å². The lowest BCUT2D eigenvalue weighted by molar-refractivity contribution is -0.120. The molecule has 130 valence electrons. The number of nitrogens with one attached hydrogen (secondary N) is 1. The molecule has 0 aromatic heterocycles. The van der Waals surface area contributed by atoms with Crippen LogP contribution in [-0.2, 0) is 16.1 Å². The van der Waals surface area contributed by atoms with Crippen LogP contribution in [0, 0.1) is 6.92 Å². The third kappa shape index (κ3) is 4.38. The van der Waals surface area contributed by atoms with Crippen molar-refractivity contribution < 1.29 is 14.3 Å². The van der Waals surface area contributed by atoms with Gasteiger partial charge in [-0.25, -0.2) is 4.79 Å². The first-order chi connectivity index (χ1) is 12.1. The minimum Gasteiger partial charge on any atom is -0.445 e. The van der Waals surface area contributed by atoms with Crippen molar-refractivity contribution in [1.29, 1.82) is 0 Å². The minimum atomic E-state index is -0.483. The van der Waals surface area contributed by atoms with Gasteiger partial charge >= 0.3 is 6.09 Å². The first-order valence-corrected chi connectivity index (χ1v) is 8.48. The maximum Gasteiger partial charge on any atom is 0.410 e. The van der Waals surface area contributed by atoms with Gasteiger partial charge in [-0.15, -0.1) is 0 Å². The molecule has 1 heterocycles. The van der Waals surface area contributed by atoms with Crippen molar-refractivity contribution in [3.8, 4) is 0 Å². The quantitative estimate of drug-likeness (QED) is 0.924. The van der Waals surface area contributed by atoms with Gasteiger partial charge in [-0.1, -0.05) is 42.5 Å². The Morgan fingerprint density at radius 2 is 1.96 bits per heavy atom. The summed E-state index contributed by atoms with van der Waals surface area (Å²) in [5, 5.41) is 2.89. The number of anilines is 1.